The number of rotatable bonds is 8. The molecule has 254 valence electrons. The molecule has 0 aliphatic rings. The molecule has 10 rings (SSSR count). The first-order valence-corrected chi connectivity index (χ1v) is 18.5. The lowest BCUT2D eigenvalue weighted by atomic mass is 9.85. The molecule has 0 heterocycles. The van der Waals surface area contributed by atoms with Crippen molar-refractivity contribution in [1.82, 2.24) is 0 Å². The van der Waals surface area contributed by atoms with Crippen LogP contribution >= 0.6 is 0 Å². The van der Waals surface area contributed by atoms with Gasteiger partial charge in [0.15, 0.2) is 0 Å². The van der Waals surface area contributed by atoms with Gasteiger partial charge in [0.05, 0.1) is 0 Å². The van der Waals surface area contributed by atoms with Gasteiger partial charge in [-0.1, -0.05) is 140 Å². The second-order valence-corrected chi connectivity index (χ2v) is 13.8. The zero-order valence-electron chi connectivity index (χ0n) is 29.7. The number of hydrogen-bond donors (Lipinski definition) is 0. The fourth-order valence-corrected chi connectivity index (χ4v) is 8.09. The van der Waals surface area contributed by atoms with Gasteiger partial charge in [0.1, 0.15) is 0 Å². The second kappa shape index (κ2) is 13.4. The van der Waals surface area contributed by atoms with Gasteiger partial charge in [-0.2, -0.15) is 0 Å². The molecule has 0 amide bonds. The van der Waals surface area contributed by atoms with Gasteiger partial charge in [0, 0.05) is 34.1 Å². The molecule has 0 aliphatic carbocycles. The van der Waals surface area contributed by atoms with Crippen molar-refractivity contribution in [2.24, 2.45) is 0 Å². The summed E-state index contributed by atoms with van der Waals surface area (Å²) in [5.74, 6) is 0. The minimum Gasteiger partial charge on any atom is -0.311 e. The Labute approximate surface area is 315 Å². The quantitative estimate of drug-likeness (QED) is 0.147. The minimum atomic E-state index is 1.12. The first kappa shape index (κ1) is 31.6. The molecule has 0 aromatic heterocycles. The molecule has 0 N–H and O–H groups in total. The predicted octanol–water partition coefficient (Wildman–Crippen LogP) is 14.9. The molecule has 0 spiro atoms. The molecule has 0 aliphatic heterocycles. The number of hydrogen-bond acceptors (Lipinski definition) is 2. The van der Waals surface area contributed by atoms with E-state index in [1.165, 1.54) is 54.6 Å². The summed E-state index contributed by atoms with van der Waals surface area (Å²) in [5, 5.41) is 7.71. The summed E-state index contributed by atoms with van der Waals surface area (Å²) in [7, 11) is 0. The van der Waals surface area contributed by atoms with Crippen molar-refractivity contribution in [2.45, 2.75) is 0 Å². The third-order valence-electron chi connectivity index (χ3n) is 10.6. The number of benzene rings is 10. The van der Waals surface area contributed by atoms with Crippen LogP contribution in [0.3, 0.4) is 0 Å². The summed E-state index contributed by atoms with van der Waals surface area (Å²) in [6.07, 6.45) is 0. The molecule has 10 aromatic rings. The second-order valence-electron chi connectivity index (χ2n) is 13.8. The zero-order valence-corrected chi connectivity index (χ0v) is 29.7. The standard InChI is InChI=1S/C52H36N2/c1-5-16-41(17-6-1)53(42-18-7-2-8-19-42)45-30-24-37(25-31-45)49-36-50(48-35-29-40-15-13-14-39-28-34-47(49)52(48)51(39)40)38-26-32-46(33-27-38)54(43-20-9-3-10-21-43)44-22-11-4-12-23-44/h1-36H. The van der Waals surface area contributed by atoms with Gasteiger partial charge in [-0.25, -0.2) is 0 Å². The van der Waals surface area contributed by atoms with E-state index in [2.05, 4.69) is 228 Å². The number of para-hydroxylation sites is 4. The summed E-state index contributed by atoms with van der Waals surface area (Å²) in [6.45, 7) is 0. The van der Waals surface area contributed by atoms with Gasteiger partial charge in [-0.05, 0) is 133 Å². The molecule has 0 saturated heterocycles. The van der Waals surface area contributed by atoms with Gasteiger partial charge in [0.2, 0.25) is 0 Å². The third-order valence-corrected chi connectivity index (χ3v) is 10.6. The molecule has 2 heteroatoms. The molecular weight excluding hydrogens is 653 g/mol. The van der Waals surface area contributed by atoms with E-state index in [-0.39, 0.29) is 0 Å². The SMILES string of the molecule is c1ccc(N(c2ccccc2)c2ccc(-c3cc(-c4ccc(N(c5ccccc5)c5ccccc5)cc4)c4ccc5cccc6ccc3c4c65)cc2)cc1. The largest absolute Gasteiger partial charge is 0.311 e. The van der Waals surface area contributed by atoms with Crippen molar-refractivity contribution in [1.29, 1.82) is 0 Å². The van der Waals surface area contributed by atoms with Crippen LogP contribution in [0.4, 0.5) is 34.1 Å². The summed E-state index contributed by atoms with van der Waals surface area (Å²) in [6, 6.07) is 78.7. The number of anilines is 6. The van der Waals surface area contributed by atoms with E-state index in [0.717, 1.165) is 34.1 Å². The van der Waals surface area contributed by atoms with Crippen LogP contribution in [-0.2, 0) is 0 Å². The Bertz CT molecular complexity index is 2560. The van der Waals surface area contributed by atoms with Crippen LogP contribution in [0.25, 0.3) is 54.6 Å². The maximum absolute atomic E-state index is 2.41. The lowest BCUT2D eigenvalue weighted by Crippen LogP contribution is -2.09. The monoisotopic (exact) mass is 688 g/mol. The Kier molecular flexibility index (Phi) is 7.85. The average Bonchev–Trinajstić information content (AvgIpc) is 3.25. The lowest BCUT2D eigenvalue weighted by molar-refractivity contribution is 1.28. The minimum absolute atomic E-state index is 1.12. The van der Waals surface area contributed by atoms with E-state index in [0.29, 0.717) is 0 Å². The molecular formula is C52H36N2. The summed E-state index contributed by atoms with van der Waals surface area (Å²) < 4.78 is 0. The highest BCUT2D eigenvalue weighted by Gasteiger charge is 2.19. The zero-order chi connectivity index (χ0) is 35.8. The van der Waals surface area contributed by atoms with Crippen molar-refractivity contribution in [3.63, 3.8) is 0 Å². The topological polar surface area (TPSA) is 6.48 Å². The smallest absolute Gasteiger partial charge is 0.0462 e. The highest BCUT2D eigenvalue weighted by molar-refractivity contribution is 6.28. The Hall–Kier alpha value is -7.16. The Morgan fingerprint density at radius 2 is 0.574 bits per heavy atom. The van der Waals surface area contributed by atoms with E-state index in [1.54, 1.807) is 0 Å². The van der Waals surface area contributed by atoms with Crippen molar-refractivity contribution < 1.29 is 0 Å². The fourth-order valence-electron chi connectivity index (χ4n) is 8.09. The highest BCUT2D eigenvalue weighted by atomic mass is 15.1. The third kappa shape index (κ3) is 5.53. The average molecular weight is 689 g/mol. The van der Waals surface area contributed by atoms with Crippen molar-refractivity contribution >= 4 is 66.4 Å². The predicted molar refractivity (Wildman–Crippen MR) is 230 cm³/mol. The van der Waals surface area contributed by atoms with Crippen LogP contribution in [0.5, 0.6) is 0 Å². The van der Waals surface area contributed by atoms with Crippen LogP contribution < -0.4 is 9.80 Å². The van der Waals surface area contributed by atoms with E-state index in [1.807, 2.05) is 0 Å². The summed E-state index contributed by atoms with van der Waals surface area (Å²) in [4.78, 5) is 4.63. The highest BCUT2D eigenvalue weighted by Crippen LogP contribution is 2.45. The first-order chi connectivity index (χ1) is 26.8. The van der Waals surface area contributed by atoms with Gasteiger partial charge < -0.3 is 9.80 Å². The Morgan fingerprint density at radius 1 is 0.241 bits per heavy atom. The van der Waals surface area contributed by atoms with Crippen LogP contribution in [0.2, 0.25) is 0 Å². The van der Waals surface area contributed by atoms with Crippen LogP contribution in [-0.4, -0.2) is 0 Å². The molecule has 54 heavy (non-hydrogen) atoms. The molecule has 0 fully saturated rings. The van der Waals surface area contributed by atoms with Crippen LogP contribution in [0, 0.1) is 0 Å². The maximum Gasteiger partial charge on any atom is 0.0462 e. The van der Waals surface area contributed by atoms with E-state index >= 15 is 0 Å². The summed E-state index contributed by atoms with van der Waals surface area (Å²) >= 11 is 0. The molecule has 0 saturated carbocycles. The first-order valence-electron chi connectivity index (χ1n) is 18.5. The molecule has 0 bridgehead atoms. The van der Waals surface area contributed by atoms with Gasteiger partial charge in [-0.15, -0.1) is 0 Å². The number of nitrogens with zero attached hydrogens (tertiary/aromatic N) is 2. The molecule has 2 nitrogen and oxygen atoms in total. The van der Waals surface area contributed by atoms with E-state index < -0.39 is 0 Å². The van der Waals surface area contributed by atoms with Gasteiger partial charge in [-0.3, -0.25) is 0 Å². The fraction of sp³-hybridized carbons (Fsp3) is 0. The maximum atomic E-state index is 2.41. The molecule has 10 aromatic carbocycles. The molecule has 0 atom stereocenters. The van der Waals surface area contributed by atoms with Gasteiger partial charge >= 0.3 is 0 Å². The van der Waals surface area contributed by atoms with Gasteiger partial charge in [0.25, 0.3) is 0 Å². The molecule has 0 radical (unpaired) electrons. The summed E-state index contributed by atoms with van der Waals surface area (Å²) in [5.41, 5.74) is 11.6. The normalized spacial score (nSPS) is 11.3. The van der Waals surface area contributed by atoms with Crippen molar-refractivity contribution in [3.8, 4) is 22.3 Å². The van der Waals surface area contributed by atoms with Crippen molar-refractivity contribution in [3.05, 3.63) is 218 Å². The van der Waals surface area contributed by atoms with Crippen LogP contribution in [0.15, 0.2) is 218 Å². The van der Waals surface area contributed by atoms with E-state index in [9.17, 15) is 0 Å². The Morgan fingerprint density at radius 3 is 0.926 bits per heavy atom. The lowest BCUT2D eigenvalue weighted by Gasteiger charge is -2.26. The molecule has 0 unspecified atom stereocenters. The van der Waals surface area contributed by atoms with E-state index in [4.69, 9.17) is 0 Å². The van der Waals surface area contributed by atoms with Crippen LogP contribution in [0.1, 0.15) is 0 Å². The Balaban J connectivity index is 1.13. The van der Waals surface area contributed by atoms with Crippen molar-refractivity contribution in [2.75, 3.05) is 9.80 Å².